The lowest BCUT2D eigenvalue weighted by molar-refractivity contribution is -0.141. The molecule has 0 aliphatic heterocycles. The van der Waals surface area contributed by atoms with E-state index in [-0.39, 0.29) is 29.8 Å². The molecule has 176 valence electrons. The van der Waals surface area contributed by atoms with Gasteiger partial charge in [-0.3, -0.25) is 14.2 Å². The maximum absolute atomic E-state index is 13.2. The van der Waals surface area contributed by atoms with Gasteiger partial charge in [0.25, 0.3) is 0 Å². The smallest absolute Gasteiger partial charge is 0.323 e. The van der Waals surface area contributed by atoms with Crippen LogP contribution < -0.4 is 5.32 Å². The summed E-state index contributed by atoms with van der Waals surface area (Å²) in [6.07, 6.45) is -3.16. The fourth-order valence-electron chi connectivity index (χ4n) is 3.80. The molecule has 1 saturated carbocycles. The molecule has 0 atom stereocenters. The number of nitrogens with zero attached hydrogens (tertiary/aromatic N) is 4. The average Bonchev–Trinajstić information content (AvgIpc) is 3.45. The van der Waals surface area contributed by atoms with Crippen LogP contribution in [0.1, 0.15) is 53.5 Å². The van der Waals surface area contributed by atoms with E-state index in [9.17, 15) is 18.0 Å². The van der Waals surface area contributed by atoms with Crippen LogP contribution in [0.4, 0.5) is 18.9 Å². The van der Waals surface area contributed by atoms with Crippen LogP contribution in [0.5, 0.6) is 0 Å². The summed E-state index contributed by atoms with van der Waals surface area (Å²) >= 11 is 12.0. The Morgan fingerprint density at radius 1 is 1.18 bits per heavy atom. The third kappa shape index (κ3) is 5.19. The first-order chi connectivity index (χ1) is 15.5. The van der Waals surface area contributed by atoms with Crippen molar-refractivity contribution in [3.05, 3.63) is 62.6 Å². The zero-order valence-corrected chi connectivity index (χ0v) is 19.5. The largest absolute Gasteiger partial charge is 0.436 e. The Morgan fingerprint density at radius 3 is 2.55 bits per heavy atom. The number of nitrogens with one attached hydrogen (secondary N) is 1. The van der Waals surface area contributed by atoms with E-state index in [4.69, 9.17) is 23.2 Å². The highest BCUT2D eigenvalue weighted by Crippen LogP contribution is 2.46. The quantitative estimate of drug-likeness (QED) is 0.435. The number of aryl methyl sites for hydroxylation is 2. The van der Waals surface area contributed by atoms with Gasteiger partial charge in [0.05, 0.1) is 40.9 Å². The second-order valence-corrected chi connectivity index (χ2v) is 8.99. The van der Waals surface area contributed by atoms with Gasteiger partial charge in [0.15, 0.2) is 5.69 Å². The topological polar surface area (TPSA) is 64.7 Å². The standard InChI is InChI=1S/C22H22Cl2F3N5O/c1-12-19(13(2)32(29-12)11-14-4-3-5-16(23)10-14)28-17(33)8-9-31-20(15-6-7-15)18(24)21(30-31)22(25,26)27/h3-5,10,15H,6-9,11H2,1-2H3,(H,28,33). The molecule has 0 spiro atoms. The van der Waals surface area contributed by atoms with Crippen molar-refractivity contribution in [1.29, 1.82) is 0 Å². The Kier molecular flexibility index (Phi) is 6.46. The molecule has 0 radical (unpaired) electrons. The van der Waals surface area contributed by atoms with Crippen LogP contribution in [0.3, 0.4) is 0 Å². The highest BCUT2D eigenvalue weighted by Gasteiger charge is 2.42. The number of hydrogen-bond donors (Lipinski definition) is 1. The number of aromatic nitrogens is 4. The minimum absolute atomic E-state index is 0.00220. The first kappa shape index (κ1) is 23.6. The van der Waals surface area contributed by atoms with E-state index in [0.29, 0.717) is 28.6 Å². The normalized spacial score (nSPS) is 14.0. The highest BCUT2D eigenvalue weighted by atomic mass is 35.5. The molecular formula is C22H22Cl2F3N5O. The summed E-state index contributed by atoms with van der Waals surface area (Å²) < 4.78 is 42.7. The van der Waals surface area contributed by atoms with Crippen LogP contribution in [0, 0.1) is 13.8 Å². The molecule has 0 unspecified atom stereocenters. The fourth-order valence-corrected chi connectivity index (χ4v) is 4.41. The molecule has 1 amide bonds. The lowest BCUT2D eigenvalue weighted by Gasteiger charge is -2.09. The number of benzene rings is 1. The Labute approximate surface area is 198 Å². The number of anilines is 1. The van der Waals surface area contributed by atoms with E-state index in [1.165, 1.54) is 4.68 Å². The summed E-state index contributed by atoms with van der Waals surface area (Å²) in [5.74, 6) is -0.385. The molecule has 2 heterocycles. The van der Waals surface area contributed by atoms with Crippen LogP contribution in [-0.2, 0) is 24.1 Å². The van der Waals surface area contributed by atoms with Gasteiger partial charge in [-0.05, 0) is 44.4 Å². The highest BCUT2D eigenvalue weighted by molar-refractivity contribution is 6.32. The SMILES string of the molecule is Cc1nn(Cc2cccc(Cl)c2)c(C)c1NC(=O)CCn1nc(C(F)(F)F)c(Cl)c1C1CC1. The Morgan fingerprint density at radius 2 is 1.91 bits per heavy atom. The summed E-state index contributed by atoms with van der Waals surface area (Å²) in [5.41, 5.74) is 2.22. The van der Waals surface area contributed by atoms with E-state index in [1.54, 1.807) is 17.7 Å². The summed E-state index contributed by atoms with van der Waals surface area (Å²) in [4.78, 5) is 12.6. The van der Waals surface area contributed by atoms with Gasteiger partial charge < -0.3 is 5.32 Å². The third-order valence-corrected chi connectivity index (χ3v) is 6.19. The molecular weight excluding hydrogens is 478 g/mol. The van der Waals surface area contributed by atoms with Gasteiger partial charge in [-0.25, -0.2) is 0 Å². The van der Waals surface area contributed by atoms with Crippen molar-refractivity contribution in [2.45, 2.75) is 58.3 Å². The molecule has 1 aromatic carbocycles. The second-order valence-electron chi connectivity index (χ2n) is 8.17. The molecule has 11 heteroatoms. The van der Waals surface area contributed by atoms with E-state index < -0.39 is 11.9 Å². The van der Waals surface area contributed by atoms with Gasteiger partial charge in [-0.15, -0.1) is 0 Å². The van der Waals surface area contributed by atoms with Crippen LogP contribution in [0.2, 0.25) is 10.0 Å². The molecule has 1 aliphatic carbocycles. The van der Waals surface area contributed by atoms with Crippen molar-refractivity contribution in [3.63, 3.8) is 0 Å². The van der Waals surface area contributed by atoms with Crippen LogP contribution in [-0.4, -0.2) is 25.5 Å². The zero-order valence-electron chi connectivity index (χ0n) is 18.0. The minimum atomic E-state index is -4.64. The Hall–Kier alpha value is -2.52. The summed E-state index contributed by atoms with van der Waals surface area (Å²) in [6, 6.07) is 7.42. The van der Waals surface area contributed by atoms with Gasteiger partial charge >= 0.3 is 6.18 Å². The molecule has 2 aromatic heterocycles. The number of carbonyl (C=O) groups is 1. The van der Waals surface area contributed by atoms with Crippen LogP contribution in [0.15, 0.2) is 24.3 Å². The zero-order chi connectivity index (χ0) is 23.9. The number of carbonyl (C=O) groups excluding carboxylic acids is 1. The van der Waals surface area contributed by atoms with Crippen LogP contribution in [0.25, 0.3) is 0 Å². The third-order valence-electron chi connectivity index (χ3n) is 5.58. The Balaban J connectivity index is 1.45. The van der Waals surface area contributed by atoms with Gasteiger partial charge in [-0.1, -0.05) is 35.3 Å². The van der Waals surface area contributed by atoms with E-state index >= 15 is 0 Å². The second kappa shape index (κ2) is 9.02. The van der Waals surface area contributed by atoms with Gasteiger partial charge in [0.2, 0.25) is 5.91 Å². The van der Waals surface area contributed by atoms with E-state index in [0.717, 1.165) is 24.1 Å². The average molecular weight is 500 g/mol. The number of hydrogen-bond acceptors (Lipinski definition) is 3. The first-order valence-corrected chi connectivity index (χ1v) is 11.2. The number of amides is 1. The molecule has 6 nitrogen and oxygen atoms in total. The summed E-state index contributed by atoms with van der Waals surface area (Å²) in [5, 5.41) is 11.3. The van der Waals surface area contributed by atoms with E-state index in [1.807, 2.05) is 25.1 Å². The van der Waals surface area contributed by atoms with Gasteiger partial charge in [0.1, 0.15) is 0 Å². The molecule has 1 aliphatic rings. The first-order valence-electron chi connectivity index (χ1n) is 10.5. The maximum atomic E-state index is 13.2. The summed E-state index contributed by atoms with van der Waals surface area (Å²) in [6.45, 7) is 4.11. The molecule has 0 bridgehead atoms. The minimum Gasteiger partial charge on any atom is -0.323 e. The monoisotopic (exact) mass is 499 g/mol. The maximum Gasteiger partial charge on any atom is 0.436 e. The Bertz CT molecular complexity index is 1200. The predicted octanol–water partition coefficient (Wildman–Crippen LogP) is 5.98. The van der Waals surface area contributed by atoms with Gasteiger partial charge in [0, 0.05) is 17.4 Å². The van der Waals surface area contributed by atoms with Crippen molar-refractivity contribution in [2.75, 3.05) is 5.32 Å². The van der Waals surface area contributed by atoms with Crippen LogP contribution >= 0.6 is 23.2 Å². The predicted molar refractivity (Wildman–Crippen MR) is 120 cm³/mol. The number of alkyl halides is 3. The van der Waals surface area contributed by atoms with E-state index in [2.05, 4.69) is 15.5 Å². The lowest BCUT2D eigenvalue weighted by Crippen LogP contribution is -2.17. The fraction of sp³-hybridized carbons (Fsp3) is 0.409. The van der Waals surface area contributed by atoms with Crippen molar-refractivity contribution >= 4 is 34.8 Å². The molecule has 1 fully saturated rings. The summed E-state index contributed by atoms with van der Waals surface area (Å²) in [7, 11) is 0. The van der Waals surface area contributed by atoms with Crippen molar-refractivity contribution in [2.24, 2.45) is 0 Å². The van der Waals surface area contributed by atoms with Crippen molar-refractivity contribution in [3.8, 4) is 0 Å². The number of rotatable bonds is 7. The van der Waals surface area contributed by atoms with Crippen molar-refractivity contribution < 1.29 is 18.0 Å². The van der Waals surface area contributed by atoms with Crippen molar-refractivity contribution in [1.82, 2.24) is 19.6 Å². The van der Waals surface area contributed by atoms with Gasteiger partial charge in [-0.2, -0.15) is 23.4 Å². The molecule has 0 saturated heterocycles. The molecule has 33 heavy (non-hydrogen) atoms. The molecule has 1 N–H and O–H groups in total. The number of halogens is 5. The molecule has 4 rings (SSSR count). The lowest BCUT2D eigenvalue weighted by atomic mass is 10.2. The molecule has 3 aromatic rings.